The number of ether oxygens (including phenoxy) is 2. The smallest absolute Gasteiger partial charge is 0.254 e. The maximum absolute atomic E-state index is 14.4. The molecule has 0 spiro atoms. The van der Waals surface area contributed by atoms with Crippen LogP contribution in [0.2, 0.25) is 0 Å². The van der Waals surface area contributed by atoms with Crippen molar-refractivity contribution in [3.8, 4) is 5.75 Å². The number of ketones is 1. The van der Waals surface area contributed by atoms with Gasteiger partial charge in [-0.05, 0) is 29.3 Å². The Morgan fingerprint density at radius 3 is 2.28 bits per heavy atom. The SMILES string of the molecule is CCC(=O)c1cc(F)c(OCC2CN(C(=O)C(=Cc3ccccc3)c3ccccc3)CCO2)c(F)c1. The third-order valence-corrected chi connectivity index (χ3v) is 5.91. The summed E-state index contributed by atoms with van der Waals surface area (Å²) in [6.45, 7) is 2.32. The van der Waals surface area contributed by atoms with Gasteiger partial charge in [-0.3, -0.25) is 9.59 Å². The molecule has 36 heavy (non-hydrogen) atoms. The lowest BCUT2D eigenvalue weighted by Gasteiger charge is -2.33. The molecule has 4 rings (SSSR count). The zero-order valence-electron chi connectivity index (χ0n) is 20.0. The molecule has 0 N–H and O–H groups in total. The molecule has 7 heteroatoms. The average molecular weight is 492 g/mol. The molecule has 5 nitrogen and oxygen atoms in total. The van der Waals surface area contributed by atoms with Crippen molar-refractivity contribution in [2.24, 2.45) is 0 Å². The van der Waals surface area contributed by atoms with E-state index in [1.165, 1.54) is 0 Å². The number of hydrogen-bond acceptors (Lipinski definition) is 4. The molecule has 3 aromatic rings. The van der Waals surface area contributed by atoms with Crippen LogP contribution in [0, 0.1) is 11.6 Å². The molecule has 1 fully saturated rings. The van der Waals surface area contributed by atoms with Crippen LogP contribution in [0.4, 0.5) is 8.78 Å². The van der Waals surface area contributed by atoms with Crippen molar-refractivity contribution >= 4 is 23.3 Å². The molecule has 1 saturated heterocycles. The Kier molecular flexibility index (Phi) is 8.23. The second-order valence-corrected chi connectivity index (χ2v) is 8.44. The first kappa shape index (κ1) is 25.3. The number of hydrogen-bond donors (Lipinski definition) is 0. The third kappa shape index (κ3) is 6.04. The van der Waals surface area contributed by atoms with Crippen molar-refractivity contribution in [2.45, 2.75) is 19.4 Å². The van der Waals surface area contributed by atoms with Gasteiger partial charge < -0.3 is 14.4 Å². The van der Waals surface area contributed by atoms with Crippen LogP contribution in [0.15, 0.2) is 72.8 Å². The topological polar surface area (TPSA) is 55.8 Å². The number of Topliss-reactive ketones (excluding diaryl/α,β-unsaturated/α-hetero) is 1. The van der Waals surface area contributed by atoms with Gasteiger partial charge in [-0.15, -0.1) is 0 Å². The summed E-state index contributed by atoms with van der Waals surface area (Å²) < 4.78 is 40.0. The van der Waals surface area contributed by atoms with Crippen LogP contribution in [0.25, 0.3) is 11.6 Å². The molecule has 1 atom stereocenters. The number of halogens is 2. The van der Waals surface area contributed by atoms with Gasteiger partial charge in [-0.1, -0.05) is 67.6 Å². The number of amides is 1. The number of carbonyl (C=O) groups excluding carboxylic acids is 2. The summed E-state index contributed by atoms with van der Waals surface area (Å²) >= 11 is 0. The molecule has 1 unspecified atom stereocenters. The van der Waals surface area contributed by atoms with Crippen LogP contribution >= 0.6 is 0 Å². The van der Waals surface area contributed by atoms with Gasteiger partial charge in [0.15, 0.2) is 23.2 Å². The molecule has 0 saturated carbocycles. The number of carbonyl (C=O) groups is 2. The van der Waals surface area contributed by atoms with Crippen molar-refractivity contribution in [2.75, 3.05) is 26.3 Å². The molecule has 1 heterocycles. The lowest BCUT2D eigenvalue weighted by atomic mass is 10.0. The standard InChI is InChI=1S/C29H27F2NO4/c1-2-27(33)22-16-25(30)28(26(31)17-22)36-19-23-18-32(13-14-35-23)29(34)24(21-11-7-4-8-12-21)15-20-9-5-3-6-10-20/h3-12,15-17,23H,2,13-14,18-19H2,1H3. The van der Waals surface area contributed by atoms with Crippen molar-refractivity contribution in [1.29, 1.82) is 0 Å². The summed E-state index contributed by atoms with van der Waals surface area (Å²) in [6.07, 6.45) is 1.41. The molecule has 1 aliphatic heterocycles. The normalized spacial score (nSPS) is 16.0. The minimum absolute atomic E-state index is 0.0378. The number of nitrogens with zero attached hydrogens (tertiary/aromatic N) is 1. The van der Waals surface area contributed by atoms with Gasteiger partial charge in [0.25, 0.3) is 5.91 Å². The van der Waals surface area contributed by atoms with E-state index in [1.807, 2.05) is 66.7 Å². The van der Waals surface area contributed by atoms with Gasteiger partial charge in [-0.2, -0.15) is 0 Å². The summed E-state index contributed by atoms with van der Waals surface area (Å²) in [5.74, 6) is -3.00. The fraction of sp³-hybridized carbons (Fsp3) is 0.241. The lowest BCUT2D eigenvalue weighted by Crippen LogP contribution is -2.47. The quantitative estimate of drug-likeness (QED) is 0.240. The van der Waals surface area contributed by atoms with E-state index in [0.717, 1.165) is 23.3 Å². The third-order valence-electron chi connectivity index (χ3n) is 5.91. The zero-order valence-corrected chi connectivity index (χ0v) is 20.0. The first-order valence-electron chi connectivity index (χ1n) is 11.8. The molecule has 0 aromatic heterocycles. The second kappa shape index (κ2) is 11.7. The van der Waals surface area contributed by atoms with Crippen LogP contribution < -0.4 is 4.74 Å². The Bertz CT molecular complexity index is 1220. The van der Waals surface area contributed by atoms with Gasteiger partial charge in [0, 0.05) is 24.1 Å². The van der Waals surface area contributed by atoms with Crippen LogP contribution in [-0.2, 0) is 9.53 Å². The summed E-state index contributed by atoms with van der Waals surface area (Å²) in [7, 11) is 0. The predicted octanol–water partition coefficient (Wildman–Crippen LogP) is 5.40. The minimum atomic E-state index is -0.951. The maximum atomic E-state index is 14.4. The van der Waals surface area contributed by atoms with Crippen molar-refractivity contribution < 1.29 is 27.8 Å². The van der Waals surface area contributed by atoms with E-state index >= 15 is 0 Å². The monoisotopic (exact) mass is 491 g/mol. The van der Waals surface area contributed by atoms with Crippen molar-refractivity contribution in [3.05, 3.63) is 101 Å². The van der Waals surface area contributed by atoms with Gasteiger partial charge in [0.05, 0.1) is 13.2 Å². The first-order valence-corrected chi connectivity index (χ1v) is 11.8. The summed E-state index contributed by atoms with van der Waals surface area (Å²) in [4.78, 5) is 27.0. The highest BCUT2D eigenvalue weighted by Gasteiger charge is 2.28. The van der Waals surface area contributed by atoms with Gasteiger partial charge in [0.1, 0.15) is 12.7 Å². The van der Waals surface area contributed by atoms with E-state index in [4.69, 9.17) is 9.47 Å². The van der Waals surface area contributed by atoms with Gasteiger partial charge in [-0.25, -0.2) is 8.78 Å². The highest BCUT2D eigenvalue weighted by atomic mass is 19.1. The highest BCUT2D eigenvalue weighted by molar-refractivity contribution is 6.24. The Balaban J connectivity index is 1.48. The van der Waals surface area contributed by atoms with Gasteiger partial charge >= 0.3 is 0 Å². The summed E-state index contributed by atoms with van der Waals surface area (Å²) in [6, 6.07) is 20.9. The largest absolute Gasteiger partial charge is 0.485 e. The van der Waals surface area contributed by atoms with E-state index in [2.05, 4.69) is 0 Å². The highest BCUT2D eigenvalue weighted by Crippen LogP contribution is 2.26. The van der Waals surface area contributed by atoms with E-state index in [1.54, 1.807) is 11.8 Å². The van der Waals surface area contributed by atoms with Crippen molar-refractivity contribution in [3.63, 3.8) is 0 Å². The number of morpholine rings is 1. The zero-order chi connectivity index (χ0) is 25.5. The fourth-order valence-electron chi connectivity index (χ4n) is 4.02. The van der Waals surface area contributed by atoms with Crippen molar-refractivity contribution in [1.82, 2.24) is 4.90 Å². The molecular weight excluding hydrogens is 464 g/mol. The minimum Gasteiger partial charge on any atom is -0.485 e. The fourth-order valence-corrected chi connectivity index (χ4v) is 4.02. The van der Waals surface area contributed by atoms with Crippen LogP contribution in [0.3, 0.4) is 0 Å². The van der Waals surface area contributed by atoms with E-state index in [0.29, 0.717) is 12.1 Å². The second-order valence-electron chi connectivity index (χ2n) is 8.44. The molecule has 0 bridgehead atoms. The molecule has 1 aliphatic rings. The number of rotatable bonds is 8. The van der Waals surface area contributed by atoms with Crippen LogP contribution in [0.5, 0.6) is 5.75 Å². The summed E-state index contributed by atoms with van der Waals surface area (Å²) in [5.41, 5.74) is 2.19. The molecular formula is C29H27F2NO4. The van der Waals surface area contributed by atoms with Crippen LogP contribution in [-0.4, -0.2) is 49.0 Å². The predicted molar refractivity (Wildman–Crippen MR) is 134 cm³/mol. The summed E-state index contributed by atoms with van der Waals surface area (Å²) in [5, 5.41) is 0. The molecule has 186 valence electrons. The van der Waals surface area contributed by atoms with Gasteiger partial charge in [0.2, 0.25) is 0 Å². The van der Waals surface area contributed by atoms with E-state index in [-0.39, 0.29) is 43.4 Å². The molecule has 0 radical (unpaired) electrons. The first-order chi connectivity index (χ1) is 17.5. The Hall–Kier alpha value is -3.84. The van der Waals surface area contributed by atoms with E-state index < -0.39 is 23.5 Å². The molecule has 3 aromatic carbocycles. The maximum Gasteiger partial charge on any atom is 0.254 e. The average Bonchev–Trinajstić information content (AvgIpc) is 2.91. The molecule has 1 amide bonds. The Morgan fingerprint density at radius 1 is 1.00 bits per heavy atom. The molecule has 0 aliphatic carbocycles. The Labute approximate surface area is 209 Å². The Morgan fingerprint density at radius 2 is 1.64 bits per heavy atom. The van der Waals surface area contributed by atoms with E-state index in [9.17, 15) is 18.4 Å². The van der Waals surface area contributed by atoms with Crippen LogP contribution in [0.1, 0.15) is 34.8 Å². The number of benzene rings is 3. The lowest BCUT2D eigenvalue weighted by molar-refractivity contribution is -0.133.